The summed E-state index contributed by atoms with van der Waals surface area (Å²) in [7, 11) is 1.47. The van der Waals surface area contributed by atoms with Crippen molar-refractivity contribution in [2.75, 3.05) is 30.5 Å². The van der Waals surface area contributed by atoms with Crippen LogP contribution in [-0.2, 0) is 22.2 Å². The Morgan fingerprint density at radius 1 is 1.12 bits per heavy atom. The van der Waals surface area contributed by atoms with Gasteiger partial charge in [0.1, 0.15) is 17.5 Å². The number of carbonyl (C=O) groups is 2. The normalized spacial score (nSPS) is 14.3. The average molecular weight is 593 g/mol. The molecular weight excluding hydrogens is 561 g/mol. The zero-order valence-electron chi connectivity index (χ0n) is 22.7. The third-order valence-electron chi connectivity index (χ3n) is 7.01. The molecule has 0 saturated heterocycles. The number of hydrogen-bond acceptors (Lipinski definition) is 5. The molecule has 7 nitrogen and oxygen atoms in total. The molecule has 220 valence electrons. The molecule has 41 heavy (non-hydrogen) atoms. The fourth-order valence-electron chi connectivity index (χ4n) is 4.69. The molecule has 0 radical (unpaired) electrons. The smallest absolute Gasteiger partial charge is 0.416 e. The molecule has 11 heteroatoms. The summed E-state index contributed by atoms with van der Waals surface area (Å²) in [5.41, 5.74) is 1.25. The highest BCUT2D eigenvalue weighted by molar-refractivity contribution is 6.30. The van der Waals surface area contributed by atoms with Crippen LogP contribution in [0.1, 0.15) is 43.1 Å². The molecular formula is C30H32ClF3N2O5. The van der Waals surface area contributed by atoms with E-state index < -0.39 is 35.6 Å². The fraction of sp³-hybridized carbons (Fsp3) is 0.333. The molecule has 1 amide bonds. The number of ether oxygens (including phenoxy) is 2. The number of rotatable bonds is 10. The Hall–Kier alpha value is -3.92. The van der Waals surface area contributed by atoms with E-state index >= 15 is 0 Å². The van der Waals surface area contributed by atoms with Crippen molar-refractivity contribution in [3.8, 4) is 11.5 Å². The molecule has 4 rings (SSSR count). The second-order valence-electron chi connectivity index (χ2n) is 9.94. The molecule has 0 saturated carbocycles. The molecule has 1 aliphatic heterocycles. The lowest BCUT2D eigenvalue weighted by atomic mass is 10.0. The van der Waals surface area contributed by atoms with E-state index in [1.54, 1.807) is 49.4 Å². The number of carboxylic acids is 1. The van der Waals surface area contributed by atoms with Crippen LogP contribution in [0.4, 0.5) is 24.5 Å². The summed E-state index contributed by atoms with van der Waals surface area (Å²) in [5.74, 6) is -1.13. The van der Waals surface area contributed by atoms with Crippen LogP contribution in [-0.4, -0.2) is 37.2 Å². The first kappa shape index (κ1) is 30.0. The van der Waals surface area contributed by atoms with Crippen LogP contribution in [0.5, 0.6) is 11.5 Å². The molecule has 3 aromatic carbocycles. The van der Waals surface area contributed by atoms with E-state index in [4.69, 9.17) is 26.2 Å². The molecule has 2 unspecified atom stereocenters. The van der Waals surface area contributed by atoms with Gasteiger partial charge in [0.05, 0.1) is 25.2 Å². The van der Waals surface area contributed by atoms with Gasteiger partial charge in [-0.05, 0) is 54.7 Å². The maximum absolute atomic E-state index is 14.0. The van der Waals surface area contributed by atoms with Gasteiger partial charge in [-0.25, -0.2) is 0 Å². The van der Waals surface area contributed by atoms with E-state index in [-0.39, 0.29) is 32.2 Å². The zero-order chi connectivity index (χ0) is 29.9. The van der Waals surface area contributed by atoms with Gasteiger partial charge in [0.2, 0.25) is 0 Å². The number of nitrogens with one attached hydrogen (secondary N) is 1. The minimum atomic E-state index is -4.55. The van der Waals surface area contributed by atoms with Crippen LogP contribution in [0.15, 0.2) is 54.6 Å². The summed E-state index contributed by atoms with van der Waals surface area (Å²) in [5, 5.41) is 12.8. The molecule has 3 aromatic rings. The number of aliphatic carboxylic acids is 1. The van der Waals surface area contributed by atoms with E-state index in [0.717, 1.165) is 6.07 Å². The van der Waals surface area contributed by atoms with Gasteiger partial charge in [0.25, 0.3) is 5.91 Å². The van der Waals surface area contributed by atoms with Crippen molar-refractivity contribution in [1.82, 2.24) is 0 Å². The number of halogens is 4. The summed E-state index contributed by atoms with van der Waals surface area (Å²) in [6.45, 7) is 3.37. The number of amides is 1. The zero-order valence-corrected chi connectivity index (χ0v) is 23.5. The standard InChI is InChI=1S/C30H30ClF3N2O5.H2/c1-17(29(38)39)9-11-41-24-14-22(13-23(15-24)40-3)35-27(19-4-6-21(31)7-5-19)28(37)36-10-8-20-12-18(2)25(16-26(20)36)30(32,33)34;/h4-7,12-17,27,35H,8-11H2,1-3H3,(H,38,39);1H. The molecule has 0 bridgehead atoms. The topological polar surface area (TPSA) is 88.1 Å². The number of hydrogen-bond donors (Lipinski definition) is 2. The number of methoxy groups -OCH3 is 1. The summed E-state index contributed by atoms with van der Waals surface area (Å²) in [6.07, 6.45) is -3.84. The Balaban J connectivity index is 0.00000484. The number of fused-ring (bicyclic) bond motifs is 1. The van der Waals surface area contributed by atoms with Gasteiger partial charge in [0.15, 0.2) is 0 Å². The lowest BCUT2D eigenvalue weighted by Crippen LogP contribution is -2.37. The van der Waals surface area contributed by atoms with Gasteiger partial charge in [0, 0.05) is 42.6 Å². The minimum absolute atomic E-state index is 0. The van der Waals surface area contributed by atoms with Gasteiger partial charge in [-0.2, -0.15) is 13.2 Å². The molecule has 0 spiro atoms. The quantitative estimate of drug-likeness (QED) is 0.260. The number of carbonyl (C=O) groups excluding carboxylic acids is 1. The maximum Gasteiger partial charge on any atom is 0.416 e. The molecule has 0 aliphatic carbocycles. The first-order valence-electron chi connectivity index (χ1n) is 13.0. The predicted molar refractivity (Wildman–Crippen MR) is 152 cm³/mol. The van der Waals surface area contributed by atoms with Crippen LogP contribution in [0.25, 0.3) is 0 Å². The van der Waals surface area contributed by atoms with Crippen molar-refractivity contribution in [2.45, 2.75) is 38.9 Å². The molecule has 1 aliphatic rings. The second kappa shape index (κ2) is 12.3. The highest BCUT2D eigenvalue weighted by Crippen LogP contribution is 2.40. The van der Waals surface area contributed by atoms with Crippen molar-refractivity contribution in [1.29, 1.82) is 0 Å². The first-order chi connectivity index (χ1) is 19.4. The maximum atomic E-state index is 14.0. The lowest BCUT2D eigenvalue weighted by molar-refractivity contribution is -0.141. The van der Waals surface area contributed by atoms with Crippen LogP contribution in [0.3, 0.4) is 0 Å². The molecule has 1 heterocycles. The van der Waals surface area contributed by atoms with Gasteiger partial charge >= 0.3 is 12.1 Å². The van der Waals surface area contributed by atoms with Gasteiger partial charge in [-0.1, -0.05) is 36.7 Å². The van der Waals surface area contributed by atoms with Crippen LogP contribution in [0, 0.1) is 12.8 Å². The van der Waals surface area contributed by atoms with Gasteiger partial charge in [-0.15, -0.1) is 0 Å². The largest absolute Gasteiger partial charge is 0.497 e. The Labute approximate surface area is 242 Å². The Kier molecular flexibility index (Phi) is 9.01. The SMILES string of the molecule is COc1cc(NC(C(=O)N2CCc3cc(C)c(C(F)(F)F)cc32)c2ccc(Cl)cc2)cc(OCCC(C)C(=O)O)c1.[HH]. The minimum Gasteiger partial charge on any atom is -0.497 e. The average Bonchev–Trinajstić information content (AvgIpc) is 3.33. The Morgan fingerprint density at radius 2 is 1.80 bits per heavy atom. The lowest BCUT2D eigenvalue weighted by Gasteiger charge is -2.27. The molecule has 0 aromatic heterocycles. The molecule has 2 atom stereocenters. The van der Waals surface area contributed by atoms with E-state index in [1.807, 2.05) is 0 Å². The third-order valence-corrected chi connectivity index (χ3v) is 7.26. The summed E-state index contributed by atoms with van der Waals surface area (Å²) < 4.78 is 52.3. The van der Waals surface area contributed by atoms with E-state index in [9.17, 15) is 22.8 Å². The number of aryl methyl sites for hydroxylation is 1. The number of benzene rings is 3. The molecule has 0 fully saturated rings. The fourth-order valence-corrected chi connectivity index (χ4v) is 4.82. The first-order valence-corrected chi connectivity index (χ1v) is 13.3. The number of alkyl halides is 3. The number of carboxylic acid groups (broad SMARTS) is 1. The highest BCUT2D eigenvalue weighted by Gasteiger charge is 2.37. The van der Waals surface area contributed by atoms with Crippen LogP contribution >= 0.6 is 11.6 Å². The number of anilines is 2. The van der Waals surface area contributed by atoms with E-state index in [2.05, 4.69) is 5.32 Å². The van der Waals surface area contributed by atoms with Crippen LogP contribution < -0.4 is 19.7 Å². The van der Waals surface area contributed by atoms with Crippen molar-refractivity contribution in [2.24, 2.45) is 5.92 Å². The van der Waals surface area contributed by atoms with Crippen molar-refractivity contribution < 1.29 is 38.8 Å². The van der Waals surface area contributed by atoms with Gasteiger partial charge < -0.3 is 24.8 Å². The summed E-state index contributed by atoms with van der Waals surface area (Å²) >= 11 is 6.08. The highest BCUT2D eigenvalue weighted by atomic mass is 35.5. The van der Waals surface area contributed by atoms with Crippen molar-refractivity contribution in [3.63, 3.8) is 0 Å². The summed E-state index contributed by atoms with van der Waals surface area (Å²) in [6, 6.07) is 13.1. The Bertz CT molecular complexity index is 1440. The summed E-state index contributed by atoms with van der Waals surface area (Å²) in [4.78, 5) is 26.5. The van der Waals surface area contributed by atoms with Crippen molar-refractivity contribution in [3.05, 3.63) is 81.9 Å². The second-order valence-corrected chi connectivity index (χ2v) is 10.4. The third kappa shape index (κ3) is 7.05. The monoisotopic (exact) mass is 592 g/mol. The van der Waals surface area contributed by atoms with Crippen LogP contribution in [0.2, 0.25) is 5.02 Å². The van der Waals surface area contributed by atoms with E-state index in [0.29, 0.717) is 39.8 Å². The van der Waals surface area contributed by atoms with Crippen molar-refractivity contribution >= 4 is 34.9 Å². The van der Waals surface area contributed by atoms with E-state index in [1.165, 1.54) is 25.0 Å². The Morgan fingerprint density at radius 3 is 2.44 bits per heavy atom. The van der Waals surface area contributed by atoms with Gasteiger partial charge in [-0.3, -0.25) is 9.59 Å². The molecule has 2 N–H and O–H groups in total. The number of nitrogens with zero attached hydrogens (tertiary/aromatic N) is 1. The predicted octanol–water partition coefficient (Wildman–Crippen LogP) is 7.15.